The molecule has 0 atom stereocenters. The maximum Gasteiger partial charge on any atom is 0.226 e. The average molecular weight is 274 g/mol. The Morgan fingerprint density at radius 1 is 1.10 bits per heavy atom. The third-order valence-electron chi connectivity index (χ3n) is 3.97. The van der Waals surface area contributed by atoms with Crippen LogP contribution in [0.25, 0.3) is 0 Å². The van der Waals surface area contributed by atoms with E-state index in [1.54, 1.807) is 12.1 Å². The average Bonchev–Trinajstić information content (AvgIpc) is 2.90. The molecule has 0 amide bonds. The summed E-state index contributed by atoms with van der Waals surface area (Å²) in [6, 6.07) is 6.43. The highest BCUT2D eigenvalue weighted by atomic mass is 19.1. The lowest BCUT2D eigenvalue weighted by Gasteiger charge is -2.19. The first-order valence-corrected chi connectivity index (χ1v) is 7.35. The molecule has 1 aliphatic carbocycles. The molecule has 1 heterocycles. The van der Waals surface area contributed by atoms with Gasteiger partial charge in [0.15, 0.2) is 5.82 Å². The largest absolute Gasteiger partial charge is 0.339 e. The van der Waals surface area contributed by atoms with E-state index in [1.165, 1.54) is 44.2 Å². The molecule has 1 aliphatic rings. The van der Waals surface area contributed by atoms with Crippen LogP contribution in [-0.2, 0) is 12.8 Å². The van der Waals surface area contributed by atoms with Crippen LogP contribution in [0.2, 0.25) is 0 Å². The van der Waals surface area contributed by atoms with Crippen molar-refractivity contribution in [1.29, 1.82) is 0 Å². The quantitative estimate of drug-likeness (QED) is 0.848. The van der Waals surface area contributed by atoms with Gasteiger partial charge in [0.25, 0.3) is 0 Å². The second-order valence-corrected chi connectivity index (χ2v) is 5.62. The smallest absolute Gasteiger partial charge is 0.226 e. The molecule has 0 unspecified atom stereocenters. The van der Waals surface area contributed by atoms with Crippen molar-refractivity contribution in [3.8, 4) is 0 Å². The molecule has 4 heteroatoms. The number of halogens is 1. The summed E-state index contributed by atoms with van der Waals surface area (Å²) < 4.78 is 18.2. The van der Waals surface area contributed by atoms with Crippen molar-refractivity contribution in [2.45, 2.75) is 44.9 Å². The lowest BCUT2D eigenvalue weighted by atomic mass is 9.87. The molecule has 106 valence electrons. The van der Waals surface area contributed by atoms with E-state index in [1.807, 2.05) is 0 Å². The molecule has 0 spiro atoms. The second-order valence-electron chi connectivity index (χ2n) is 5.62. The van der Waals surface area contributed by atoms with Crippen LogP contribution in [-0.4, -0.2) is 10.1 Å². The van der Waals surface area contributed by atoms with E-state index in [9.17, 15) is 4.39 Å². The zero-order chi connectivity index (χ0) is 13.8. The molecule has 0 radical (unpaired) electrons. The molecule has 0 N–H and O–H groups in total. The maximum atomic E-state index is 12.8. The minimum Gasteiger partial charge on any atom is -0.339 e. The van der Waals surface area contributed by atoms with Gasteiger partial charge in [-0.1, -0.05) is 36.6 Å². The summed E-state index contributed by atoms with van der Waals surface area (Å²) in [6.45, 7) is 0. The van der Waals surface area contributed by atoms with Gasteiger partial charge in [0.2, 0.25) is 5.89 Å². The number of aromatic nitrogens is 2. The number of rotatable bonds is 4. The van der Waals surface area contributed by atoms with E-state index < -0.39 is 0 Å². The molecule has 1 aromatic heterocycles. The maximum absolute atomic E-state index is 12.8. The van der Waals surface area contributed by atoms with Crippen LogP contribution in [0.3, 0.4) is 0 Å². The normalized spacial score (nSPS) is 16.4. The molecule has 3 rings (SSSR count). The monoisotopic (exact) mass is 274 g/mol. The first-order valence-electron chi connectivity index (χ1n) is 7.35. The van der Waals surface area contributed by atoms with Gasteiger partial charge >= 0.3 is 0 Å². The first-order chi connectivity index (χ1) is 9.79. The van der Waals surface area contributed by atoms with Gasteiger partial charge in [-0.05, 0) is 36.5 Å². The minimum atomic E-state index is -0.222. The second kappa shape index (κ2) is 6.16. The third kappa shape index (κ3) is 3.44. The van der Waals surface area contributed by atoms with E-state index in [0.717, 1.165) is 17.9 Å². The van der Waals surface area contributed by atoms with Gasteiger partial charge in [-0.2, -0.15) is 4.98 Å². The summed E-state index contributed by atoms with van der Waals surface area (Å²) in [5, 5.41) is 4.02. The Kier molecular flexibility index (Phi) is 4.09. The van der Waals surface area contributed by atoms with Gasteiger partial charge in [0.05, 0.1) is 0 Å². The van der Waals surface area contributed by atoms with Gasteiger partial charge in [0, 0.05) is 12.8 Å². The third-order valence-corrected chi connectivity index (χ3v) is 3.97. The van der Waals surface area contributed by atoms with Crippen LogP contribution < -0.4 is 0 Å². The SMILES string of the molecule is Fc1ccc(Cc2noc(CC3CCCCC3)n2)cc1. The lowest BCUT2D eigenvalue weighted by Crippen LogP contribution is -2.09. The zero-order valence-electron chi connectivity index (χ0n) is 11.5. The van der Waals surface area contributed by atoms with Crippen LogP contribution >= 0.6 is 0 Å². The molecular formula is C16H19FN2O. The lowest BCUT2D eigenvalue weighted by molar-refractivity contribution is 0.304. The summed E-state index contributed by atoms with van der Waals surface area (Å²) in [7, 11) is 0. The van der Waals surface area contributed by atoms with Crippen molar-refractivity contribution >= 4 is 0 Å². The van der Waals surface area contributed by atoms with Gasteiger partial charge in [-0.15, -0.1) is 0 Å². The van der Waals surface area contributed by atoms with Gasteiger partial charge in [0.1, 0.15) is 5.82 Å². The summed E-state index contributed by atoms with van der Waals surface area (Å²) in [5.41, 5.74) is 0.997. The Morgan fingerprint density at radius 2 is 1.85 bits per heavy atom. The van der Waals surface area contributed by atoms with Crippen LogP contribution in [0.4, 0.5) is 4.39 Å². The molecule has 3 nitrogen and oxygen atoms in total. The zero-order valence-corrected chi connectivity index (χ0v) is 11.5. The first kappa shape index (κ1) is 13.3. The number of hydrogen-bond donors (Lipinski definition) is 0. The minimum absolute atomic E-state index is 0.222. The Hall–Kier alpha value is -1.71. The molecule has 0 aliphatic heterocycles. The Labute approximate surface area is 118 Å². The Morgan fingerprint density at radius 3 is 2.60 bits per heavy atom. The molecule has 1 fully saturated rings. The fourth-order valence-electron chi connectivity index (χ4n) is 2.87. The highest BCUT2D eigenvalue weighted by molar-refractivity contribution is 5.19. The summed E-state index contributed by atoms with van der Waals surface area (Å²) in [4.78, 5) is 4.45. The van der Waals surface area contributed by atoms with Gasteiger partial charge in [-0.3, -0.25) is 0 Å². The van der Waals surface area contributed by atoms with Crippen molar-refractivity contribution in [3.63, 3.8) is 0 Å². The number of hydrogen-bond acceptors (Lipinski definition) is 3. The van der Waals surface area contributed by atoms with Crippen LogP contribution in [0, 0.1) is 11.7 Å². The summed E-state index contributed by atoms with van der Waals surface area (Å²) >= 11 is 0. The van der Waals surface area contributed by atoms with Crippen LogP contribution in [0.5, 0.6) is 0 Å². The van der Waals surface area contributed by atoms with Crippen molar-refractivity contribution in [2.75, 3.05) is 0 Å². The highest BCUT2D eigenvalue weighted by Crippen LogP contribution is 2.26. The van der Waals surface area contributed by atoms with Crippen molar-refractivity contribution in [1.82, 2.24) is 10.1 Å². The molecule has 20 heavy (non-hydrogen) atoms. The van der Waals surface area contributed by atoms with Crippen molar-refractivity contribution in [3.05, 3.63) is 47.4 Å². The van der Waals surface area contributed by atoms with E-state index in [4.69, 9.17) is 4.52 Å². The Bertz CT molecular complexity index is 544. The molecule has 1 aromatic carbocycles. The predicted molar refractivity (Wildman–Crippen MR) is 73.8 cm³/mol. The summed E-state index contributed by atoms with van der Waals surface area (Å²) in [5.74, 6) is 1.90. The van der Waals surface area contributed by atoms with Crippen LogP contribution in [0.1, 0.15) is 49.4 Å². The van der Waals surface area contributed by atoms with E-state index in [-0.39, 0.29) is 5.82 Å². The Balaban J connectivity index is 1.60. The van der Waals surface area contributed by atoms with Gasteiger partial charge < -0.3 is 4.52 Å². The predicted octanol–water partition coefficient (Wildman–Crippen LogP) is 3.92. The molecule has 0 saturated heterocycles. The van der Waals surface area contributed by atoms with Crippen molar-refractivity contribution < 1.29 is 8.91 Å². The molecule has 2 aromatic rings. The summed E-state index contributed by atoms with van der Waals surface area (Å²) in [6.07, 6.45) is 8.04. The van der Waals surface area contributed by atoms with Crippen LogP contribution in [0.15, 0.2) is 28.8 Å². The topological polar surface area (TPSA) is 38.9 Å². The molecule has 0 bridgehead atoms. The fraction of sp³-hybridized carbons (Fsp3) is 0.500. The molecular weight excluding hydrogens is 255 g/mol. The van der Waals surface area contributed by atoms with E-state index in [0.29, 0.717) is 18.2 Å². The van der Waals surface area contributed by atoms with Crippen molar-refractivity contribution in [2.24, 2.45) is 5.92 Å². The van der Waals surface area contributed by atoms with E-state index in [2.05, 4.69) is 10.1 Å². The standard InChI is InChI=1S/C16H19FN2O/c17-14-8-6-13(7-9-14)10-15-18-16(20-19-15)11-12-4-2-1-3-5-12/h6-9,12H,1-5,10-11H2. The molecule has 1 saturated carbocycles. The fourth-order valence-corrected chi connectivity index (χ4v) is 2.87. The van der Waals surface area contributed by atoms with E-state index >= 15 is 0 Å². The number of nitrogens with zero attached hydrogens (tertiary/aromatic N) is 2. The highest BCUT2D eigenvalue weighted by Gasteiger charge is 2.17. The number of benzene rings is 1. The van der Waals surface area contributed by atoms with Gasteiger partial charge in [-0.25, -0.2) is 4.39 Å².